The normalized spacial score (nSPS) is 12.1. The van der Waals surface area contributed by atoms with Crippen molar-refractivity contribution < 1.29 is 27.5 Å². The maximum Gasteiger partial charge on any atom is 0.417 e. The summed E-state index contributed by atoms with van der Waals surface area (Å²) >= 11 is 1.02. The third kappa shape index (κ3) is 8.13. The molecule has 0 saturated heterocycles. The van der Waals surface area contributed by atoms with Gasteiger partial charge in [0.1, 0.15) is 24.9 Å². The molecule has 0 heterocycles. The molecule has 0 radical (unpaired) electrons. The summed E-state index contributed by atoms with van der Waals surface area (Å²) in [6, 6.07) is 20.2. The maximum absolute atomic E-state index is 13.9. The molecule has 36 heavy (non-hydrogen) atoms. The van der Waals surface area contributed by atoms with Crippen molar-refractivity contribution in [3.8, 4) is 5.75 Å². The Balaban J connectivity index is 1.70. The highest BCUT2D eigenvalue weighted by Crippen LogP contribution is 2.41. The molecule has 5 nitrogen and oxygen atoms in total. The van der Waals surface area contributed by atoms with Crippen molar-refractivity contribution in [2.75, 3.05) is 25.0 Å². The molecule has 0 aromatic heterocycles. The zero-order valence-electron chi connectivity index (χ0n) is 19.7. The van der Waals surface area contributed by atoms with E-state index >= 15 is 0 Å². The predicted molar refractivity (Wildman–Crippen MR) is 135 cm³/mol. The Hall–Kier alpha value is -3.30. The molecule has 0 aliphatic heterocycles. The van der Waals surface area contributed by atoms with Crippen molar-refractivity contribution in [3.63, 3.8) is 0 Å². The van der Waals surface area contributed by atoms with E-state index in [-0.39, 0.29) is 11.3 Å². The Morgan fingerprint density at radius 1 is 1.03 bits per heavy atom. The van der Waals surface area contributed by atoms with E-state index in [0.717, 1.165) is 23.4 Å². The number of carbonyl (C=O) groups is 2. The molecule has 1 unspecified atom stereocenters. The van der Waals surface area contributed by atoms with Gasteiger partial charge in [-0.25, -0.2) is 0 Å². The highest BCUT2D eigenvalue weighted by Gasteiger charge is 2.34. The summed E-state index contributed by atoms with van der Waals surface area (Å²) in [7, 11) is 1.67. The number of carbonyl (C=O) groups excluding carboxylic acids is 2. The highest BCUT2D eigenvalue weighted by molar-refractivity contribution is 7.99. The van der Waals surface area contributed by atoms with Gasteiger partial charge in [0.05, 0.1) is 11.6 Å². The molecule has 3 rings (SSSR count). The number of benzene rings is 3. The van der Waals surface area contributed by atoms with Crippen LogP contribution in [0.5, 0.6) is 5.75 Å². The first-order chi connectivity index (χ1) is 17.3. The van der Waals surface area contributed by atoms with E-state index in [4.69, 9.17) is 4.74 Å². The third-order valence-corrected chi connectivity index (χ3v) is 6.42. The van der Waals surface area contributed by atoms with E-state index in [9.17, 15) is 22.8 Å². The summed E-state index contributed by atoms with van der Waals surface area (Å²) in [6.07, 6.45) is -3.20. The molecule has 0 aliphatic rings. The minimum Gasteiger partial charge on any atom is -0.489 e. The number of ether oxygens (including phenoxy) is 1. The second-order valence-corrected chi connectivity index (χ2v) is 9.17. The number of nitrogens with zero attached hydrogens (tertiary/aromatic N) is 1. The molecule has 1 N–H and O–H groups in total. The SMILES string of the molecule is CN(CCNC(C=O)CC=O)c1ccc(Sc2cccc(OCc3ccccc3)c2)c(C(F)(F)F)c1. The van der Waals surface area contributed by atoms with Crippen LogP contribution in [0.4, 0.5) is 18.9 Å². The molecular formula is C27H27F3N2O3S. The zero-order valence-corrected chi connectivity index (χ0v) is 20.5. The van der Waals surface area contributed by atoms with Crippen LogP contribution in [0.15, 0.2) is 82.6 Å². The number of nitrogens with one attached hydrogen (secondary N) is 1. The van der Waals surface area contributed by atoms with E-state index in [1.165, 1.54) is 6.07 Å². The van der Waals surface area contributed by atoms with Gasteiger partial charge in [-0.05, 0) is 42.0 Å². The van der Waals surface area contributed by atoms with E-state index < -0.39 is 17.8 Å². The maximum atomic E-state index is 13.9. The van der Waals surface area contributed by atoms with Crippen LogP contribution in [0.25, 0.3) is 0 Å². The van der Waals surface area contributed by atoms with Gasteiger partial charge in [0, 0.05) is 42.0 Å². The lowest BCUT2D eigenvalue weighted by atomic mass is 10.2. The second-order valence-electron chi connectivity index (χ2n) is 8.05. The van der Waals surface area contributed by atoms with Gasteiger partial charge in [-0.3, -0.25) is 0 Å². The van der Waals surface area contributed by atoms with E-state index in [1.807, 2.05) is 30.3 Å². The summed E-state index contributed by atoms with van der Waals surface area (Å²) in [4.78, 5) is 23.9. The standard InChI is InChI=1S/C27H27F3N2O3S/c1-32(14-13-31-21(18-34)12-15-33)22-10-11-26(25(16-22)27(28,29)30)36-24-9-5-8-23(17-24)35-19-20-6-3-2-4-7-20/h2-11,15-18,21,31H,12-14,19H2,1H3. The third-order valence-electron chi connectivity index (χ3n) is 5.36. The number of rotatable bonds is 13. The summed E-state index contributed by atoms with van der Waals surface area (Å²) in [5.41, 5.74) is 0.661. The lowest BCUT2D eigenvalue weighted by Gasteiger charge is -2.23. The van der Waals surface area contributed by atoms with Crippen LogP contribution in [0.3, 0.4) is 0 Å². The molecule has 0 amide bonds. The van der Waals surface area contributed by atoms with Crippen molar-refractivity contribution in [3.05, 3.63) is 83.9 Å². The van der Waals surface area contributed by atoms with E-state index in [0.29, 0.717) is 48.6 Å². The van der Waals surface area contributed by atoms with Crippen LogP contribution < -0.4 is 15.0 Å². The Kier molecular flexibility index (Phi) is 9.95. The number of aldehydes is 2. The number of hydrogen-bond donors (Lipinski definition) is 1. The van der Waals surface area contributed by atoms with Gasteiger partial charge in [-0.2, -0.15) is 13.2 Å². The van der Waals surface area contributed by atoms with Crippen LogP contribution in [0.1, 0.15) is 17.5 Å². The smallest absolute Gasteiger partial charge is 0.417 e. The van der Waals surface area contributed by atoms with Gasteiger partial charge in [0.15, 0.2) is 0 Å². The Bertz CT molecular complexity index is 1140. The first-order valence-electron chi connectivity index (χ1n) is 11.3. The summed E-state index contributed by atoms with van der Waals surface area (Å²) < 4.78 is 47.6. The fraction of sp³-hybridized carbons (Fsp3) is 0.259. The van der Waals surface area contributed by atoms with Crippen LogP contribution >= 0.6 is 11.8 Å². The predicted octanol–water partition coefficient (Wildman–Crippen LogP) is 5.62. The number of anilines is 1. The minimum atomic E-state index is -4.54. The van der Waals surface area contributed by atoms with E-state index in [1.54, 1.807) is 42.3 Å². The summed E-state index contributed by atoms with van der Waals surface area (Å²) in [5, 5.41) is 2.91. The molecule has 1 atom stereocenters. The molecule has 190 valence electrons. The van der Waals surface area contributed by atoms with Gasteiger partial charge in [-0.1, -0.05) is 48.2 Å². The topological polar surface area (TPSA) is 58.6 Å². The second kappa shape index (κ2) is 13.1. The molecule has 3 aromatic rings. The van der Waals surface area contributed by atoms with Crippen molar-refractivity contribution in [1.82, 2.24) is 5.32 Å². The van der Waals surface area contributed by atoms with Crippen LogP contribution in [0.2, 0.25) is 0 Å². The van der Waals surface area contributed by atoms with Crippen LogP contribution in [0, 0.1) is 0 Å². The van der Waals surface area contributed by atoms with Crippen molar-refractivity contribution in [2.45, 2.75) is 35.0 Å². The van der Waals surface area contributed by atoms with Crippen LogP contribution in [-0.2, 0) is 22.4 Å². The molecule has 0 spiro atoms. The van der Waals surface area contributed by atoms with Gasteiger partial charge in [0.2, 0.25) is 0 Å². The Morgan fingerprint density at radius 3 is 2.50 bits per heavy atom. The molecule has 3 aromatic carbocycles. The molecule has 9 heteroatoms. The van der Waals surface area contributed by atoms with E-state index in [2.05, 4.69) is 5.32 Å². The largest absolute Gasteiger partial charge is 0.489 e. The summed E-state index contributed by atoms with van der Waals surface area (Å²) in [6.45, 7) is 1.05. The Labute approximate surface area is 212 Å². The first-order valence-corrected chi connectivity index (χ1v) is 12.1. The number of alkyl halides is 3. The lowest BCUT2D eigenvalue weighted by molar-refractivity contribution is -0.139. The lowest BCUT2D eigenvalue weighted by Crippen LogP contribution is -2.37. The number of likely N-dealkylation sites (N-methyl/N-ethyl adjacent to an activating group) is 1. The Morgan fingerprint density at radius 2 is 1.81 bits per heavy atom. The average molecular weight is 517 g/mol. The quantitative estimate of drug-likeness (QED) is 0.298. The zero-order chi connectivity index (χ0) is 26.0. The number of hydrogen-bond acceptors (Lipinski definition) is 6. The van der Waals surface area contributed by atoms with Crippen molar-refractivity contribution in [1.29, 1.82) is 0 Å². The van der Waals surface area contributed by atoms with Gasteiger partial charge < -0.3 is 24.5 Å². The fourth-order valence-corrected chi connectivity index (χ4v) is 4.40. The average Bonchev–Trinajstić information content (AvgIpc) is 2.87. The highest BCUT2D eigenvalue weighted by atomic mass is 32.2. The molecule has 0 fully saturated rings. The monoisotopic (exact) mass is 516 g/mol. The minimum absolute atomic E-state index is 0.0514. The molecular weight excluding hydrogens is 489 g/mol. The molecule has 0 saturated carbocycles. The first kappa shape index (κ1) is 27.3. The van der Waals surface area contributed by atoms with Gasteiger partial charge >= 0.3 is 6.18 Å². The van der Waals surface area contributed by atoms with Gasteiger partial charge in [0.25, 0.3) is 0 Å². The van der Waals surface area contributed by atoms with Crippen molar-refractivity contribution >= 4 is 30.0 Å². The fourth-order valence-electron chi connectivity index (χ4n) is 3.40. The van der Waals surface area contributed by atoms with Crippen molar-refractivity contribution in [2.24, 2.45) is 0 Å². The molecule has 0 aliphatic carbocycles. The van der Waals surface area contributed by atoms with Gasteiger partial charge in [-0.15, -0.1) is 0 Å². The summed E-state index contributed by atoms with van der Waals surface area (Å²) in [5.74, 6) is 0.574. The van der Waals surface area contributed by atoms with Crippen LogP contribution in [-0.4, -0.2) is 38.8 Å². The molecule has 0 bridgehead atoms. The number of halogens is 3.